The van der Waals surface area contributed by atoms with Crippen LogP contribution in [0.4, 0.5) is 0 Å². The lowest BCUT2D eigenvalue weighted by atomic mass is 10.1. The van der Waals surface area contributed by atoms with Crippen molar-refractivity contribution in [1.82, 2.24) is 5.32 Å². The summed E-state index contributed by atoms with van der Waals surface area (Å²) < 4.78 is 16.2. The van der Waals surface area contributed by atoms with Crippen LogP contribution in [0.2, 0.25) is 0 Å². The molecule has 0 radical (unpaired) electrons. The molecule has 1 aliphatic rings. The minimum absolute atomic E-state index is 0.486. The molecule has 1 aromatic heterocycles. The van der Waals surface area contributed by atoms with Crippen molar-refractivity contribution in [2.75, 3.05) is 26.3 Å². The SMILES string of the molecule is OC(CNCCc1ccco1)c1ccc2c(c1)OCCO2. The molecule has 0 saturated carbocycles. The van der Waals surface area contributed by atoms with Crippen LogP contribution in [0, 0.1) is 0 Å². The highest BCUT2D eigenvalue weighted by Crippen LogP contribution is 2.32. The van der Waals surface area contributed by atoms with Crippen LogP contribution in [0.5, 0.6) is 11.5 Å². The van der Waals surface area contributed by atoms with E-state index in [2.05, 4.69) is 5.32 Å². The number of rotatable bonds is 6. The average Bonchev–Trinajstić information content (AvgIpc) is 3.04. The van der Waals surface area contributed by atoms with Crippen molar-refractivity contribution in [2.45, 2.75) is 12.5 Å². The third-order valence-electron chi connectivity index (χ3n) is 3.42. The number of nitrogens with one attached hydrogen (secondary N) is 1. The molecule has 0 saturated heterocycles. The van der Waals surface area contributed by atoms with Crippen molar-refractivity contribution in [1.29, 1.82) is 0 Å². The molecule has 2 heterocycles. The van der Waals surface area contributed by atoms with Gasteiger partial charge in [0.2, 0.25) is 0 Å². The van der Waals surface area contributed by atoms with Crippen LogP contribution in [-0.2, 0) is 6.42 Å². The van der Waals surface area contributed by atoms with Gasteiger partial charge in [0.1, 0.15) is 19.0 Å². The van der Waals surface area contributed by atoms with E-state index in [1.54, 1.807) is 6.26 Å². The second kappa shape index (κ2) is 6.65. The van der Waals surface area contributed by atoms with Crippen molar-refractivity contribution in [2.24, 2.45) is 0 Å². The Morgan fingerprint density at radius 2 is 2.00 bits per heavy atom. The average molecular weight is 289 g/mol. The summed E-state index contributed by atoms with van der Waals surface area (Å²) >= 11 is 0. The van der Waals surface area contributed by atoms with Crippen molar-refractivity contribution < 1.29 is 19.0 Å². The standard InChI is InChI=1S/C16H19NO4/c18-14(11-17-6-5-13-2-1-7-19-13)12-3-4-15-16(10-12)21-9-8-20-15/h1-4,7,10,14,17-18H,5-6,8-9,11H2. The first-order valence-corrected chi connectivity index (χ1v) is 7.13. The minimum atomic E-state index is -0.572. The molecule has 3 rings (SSSR count). The van der Waals surface area contributed by atoms with Crippen LogP contribution in [0.1, 0.15) is 17.4 Å². The third kappa shape index (κ3) is 3.56. The number of ether oxygens (including phenoxy) is 2. The Morgan fingerprint density at radius 3 is 2.81 bits per heavy atom. The van der Waals surface area contributed by atoms with E-state index in [1.165, 1.54) is 0 Å². The summed E-state index contributed by atoms with van der Waals surface area (Å²) in [6, 6.07) is 9.37. The van der Waals surface area contributed by atoms with E-state index >= 15 is 0 Å². The zero-order chi connectivity index (χ0) is 14.5. The molecule has 0 fully saturated rings. The lowest BCUT2D eigenvalue weighted by Crippen LogP contribution is -2.24. The monoisotopic (exact) mass is 289 g/mol. The zero-order valence-electron chi connectivity index (χ0n) is 11.7. The zero-order valence-corrected chi connectivity index (χ0v) is 11.7. The quantitative estimate of drug-likeness (QED) is 0.795. The molecule has 0 aliphatic carbocycles. The van der Waals surface area contributed by atoms with E-state index in [-0.39, 0.29) is 0 Å². The van der Waals surface area contributed by atoms with Gasteiger partial charge in [0.25, 0.3) is 0 Å². The predicted octanol–water partition coefficient (Wildman–Crippen LogP) is 1.92. The van der Waals surface area contributed by atoms with E-state index in [0.29, 0.717) is 25.5 Å². The number of furan rings is 1. The van der Waals surface area contributed by atoms with Gasteiger partial charge in [-0.1, -0.05) is 6.07 Å². The molecule has 21 heavy (non-hydrogen) atoms. The van der Waals surface area contributed by atoms with Crippen LogP contribution in [0.15, 0.2) is 41.0 Å². The van der Waals surface area contributed by atoms with Gasteiger partial charge in [0.15, 0.2) is 11.5 Å². The molecular weight excluding hydrogens is 270 g/mol. The summed E-state index contributed by atoms with van der Waals surface area (Å²) in [6.07, 6.45) is 1.90. The molecule has 1 aromatic carbocycles. The second-order valence-corrected chi connectivity index (χ2v) is 4.95. The maximum atomic E-state index is 10.2. The van der Waals surface area contributed by atoms with Crippen molar-refractivity contribution in [3.63, 3.8) is 0 Å². The maximum Gasteiger partial charge on any atom is 0.161 e. The fourth-order valence-corrected chi connectivity index (χ4v) is 2.29. The van der Waals surface area contributed by atoms with Gasteiger partial charge in [-0.15, -0.1) is 0 Å². The molecule has 5 heteroatoms. The summed E-state index contributed by atoms with van der Waals surface area (Å²) in [4.78, 5) is 0. The van der Waals surface area contributed by atoms with Crippen molar-refractivity contribution >= 4 is 0 Å². The number of aliphatic hydroxyl groups excluding tert-OH is 1. The highest BCUT2D eigenvalue weighted by Gasteiger charge is 2.15. The van der Waals surface area contributed by atoms with Crippen LogP contribution >= 0.6 is 0 Å². The fraction of sp³-hybridized carbons (Fsp3) is 0.375. The Morgan fingerprint density at radius 1 is 1.14 bits per heavy atom. The number of aliphatic hydroxyl groups is 1. The van der Waals surface area contributed by atoms with Gasteiger partial charge < -0.3 is 24.3 Å². The van der Waals surface area contributed by atoms with Gasteiger partial charge in [0, 0.05) is 19.5 Å². The number of hydrogen-bond donors (Lipinski definition) is 2. The van der Waals surface area contributed by atoms with Crippen molar-refractivity contribution in [3.8, 4) is 11.5 Å². The summed E-state index contributed by atoms with van der Waals surface area (Å²) in [7, 11) is 0. The Bertz CT molecular complexity index is 568. The summed E-state index contributed by atoms with van der Waals surface area (Å²) in [5.41, 5.74) is 0.824. The van der Waals surface area contributed by atoms with Crippen LogP contribution in [0.3, 0.4) is 0 Å². The molecule has 2 N–H and O–H groups in total. The Hall–Kier alpha value is -1.98. The van der Waals surface area contributed by atoms with E-state index in [0.717, 1.165) is 30.0 Å². The second-order valence-electron chi connectivity index (χ2n) is 4.95. The first-order valence-electron chi connectivity index (χ1n) is 7.13. The summed E-state index contributed by atoms with van der Waals surface area (Å²) in [6.45, 7) is 2.37. The van der Waals surface area contributed by atoms with E-state index < -0.39 is 6.10 Å². The first-order chi connectivity index (χ1) is 10.3. The van der Waals surface area contributed by atoms with Gasteiger partial charge in [0.05, 0.1) is 12.4 Å². The number of hydrogen-bond acceptors (Lipinski definition) is 5. The molecule has 1 atom stereocenters. The smallest absolute Gasteiger partial charge is 0.161 e. The van der Waals surface area contributed by atoms with Crippen LogP contribution in [-0.4, -0.2) is 31.4 Å². The molecule has 2 aromatic rings. The summed E-state index contributed by atoms with van der Waals surface area (Å²) in [5, 5.41) is 13.4. The number of benzene rings is 1. The molecule has 0 amide bonds. The van der Waals surface area contributed by atoms with E-state index in [9.17, 15) is 5.11 Å². The van der Waals surface area contributed by atoms with E-state index in [4.69, 9.17) is 13.9 Å². The van der Waals surface area contributed by atoms with Gasteiger partial charge in [-0.05, 0) is 29.8 Å². The number of fused-ring (bicyclic) bond motifs is 1. The van der Waals surface area contributed by atoms with Gasteiger partial charge >= 0.3 is 0 Å². The summed E-state index contributed by atoms with van der Waals surface area (Å²) in [5.74, 6) is 2.38. The first kappa shape index (κ1) is 14.0. The Kier molecular flexibility index (Phi) is 4.43. The van der Waals surface area contributed by atoms with Gasteiger partial charge in [-0.25, -0.2) is 0 Å². The molecule has 112 valence electrons. The van der Waals surface area contributed by atoms with Crippen LogP contribution < -0.4 is 14.8 Å². The third-order valence-corrected chi connectivity index (χ3v) is 3.42. The molecule has 0 bridgehead atoms. The molecular formula is C16H19NO4. The normalized spacial score (nSPS) is 14.9. The lowest BCUT2D eigenvalue weighted by molar-refractivity contribution is 0.163. The highest BCUT2D eigenvalue weighted by molar-refractivity contribution is 5.44. The molecule has 1 unspecified atom stereocenters. The Balaban J connectivity index is 1.49. The van der Waals surface area contributed by atoms with Gasteiger partial charge in [-0.2, -0.15) is 0 Å². The topological polar surface area (TPSA) is 63.9 Å². The molecule has 5 nitrogen and oxygen atoms in total. The fourth-order valence-electron chi connectivity index (χ4n) is 2.29. The largest absolute Gasteiger partial charge is 0.486 e. The maximum absolute atomic E-state index is 10.2. The molecule has 0 spiro atoms. The lowest BCUT2D eigenvalue weighted by Gasteiger charge is -2.20. The van der Waals surface area contributed by atoms with E-state index in [1.807, 2.05) is 30.3 Å². The Labute approximate surface area is 123 Å². The minimum Gasteiger partial charge on any atom is -0.486 e. The highest BCUT2D eigenvalue weighted by atomic mass is 16.6. The van der Waals surface area contributed by atoms with Crippen molar-refractivity contribution in [3.05, 3.63) is 47.9 Å². The van der Waals surface area contributed by atoms with Crippen LogP contribution in [0.25, 0.3) is 0 Å². The molecule has 1 aliphatic heterocycles. The predicted molar refractivity (Wildman–Crippen MR) is 77.7 cm³/mol. The van der Waals surface area contributed by atoms with Gasteiger partial charge in [-0.3, -0.25) is 0 Å².